The van der Waals surface area contributed by atoms with Crippen LogP contribution >= 0.6 is 11.8 Å². The third kappa shape index (κ3) is 2.54. The second-order valence-corrected chi connectivity index (χ2v) is 2.84. The first-order chi connectivity index (χ1) is 5.86. The lowest BCUT2D eigenvalue weighted by Crippen LogP contribution is -1.97. The summed E-state index contributed by atoms with van der Waals surface area (Å²) in [5.74, 6) is 0.625. The molecule has 0 N–H and O–H groups in total. The van der Waals surface area contributed by atoms with Gasteiger partial charge in [-0.15, -0.1) is 11.8 Å². The van der Waals surface area contributed by atoms with Crippen molar-refractivity contribution in [3.8, 4) is 5.75 Å². The zero-order chi connectivity index (χ0) is 8.81. The topological polar surface area (TPSA) is 39.2 Å². The summed E-state index contributed by atoms with van der Waals surface area (Å²) in [6.45, 7) is 0.0836. The van der Waals surface area contributed by atoms with E-state index in [0.717, 1.165) is 5.03 Å². The SMILES string of the molecule is CSc1ccc(OCC=O)cn1. The molecular weight excluding hydrogens is 174 g/mol. The summed E-state index contributed by atoms with van der Waals surface area (Å²) in [5, 5.41) is 0.938. The van der Waals surface area contributed by atoms with Crippen molar-refractivity contribution < 1.29 is 9.53 Å². The number of thioether (sulfide) groups is 1. The number of hydrogen-bond acceptors (Lipinski definition) is 4. The second-order valence-electron chi connectivity index (χ2n) is 2.01. The Bertz CT molecular complexity index is 248. The summed E-state index contributed by atoms with van der Waals surface area (Å²) >= 11 is 1.57. The van der Waals surface area contributed by atoms with Crippen LogP contribution in [0.4, 0.5) is 0 Å². The molecule has 1 aromatic rings. The Morgan fingerprint density at radius 3 is 3.00 bits per heavy atom. The predicted octanol–water partition coefficient (Wildman–Crippen LogP) is 1.38. The molecule has 4 heteroatoms. The van der Waals surface area contributed by atoms with Gasteiger partial charge < -0.3 is 4.74 Å². The molecule has 12 heavy (non-hydrogen) atoms. The average Bonchev–Trinajstić information content (AvgIpc) is 2.15. The number of carbonyl (C=O) groups excluding carboxylic acids is 1. The molecule has 1 rings (SSSR count). The van der Waals surface area contributed by atoms with E-state index >= 15 is 0 Å². The first-order valence-electron chi connectivity index (χ1n) is 3.43. The predicted molar refractivity (Wildman–Crippen MR) is 47.6 cm³/mol. The van der Waals surface area contributed by atoms with Gasteiger partial charge in [0.15, 0.2) is 6.29 Å². The molecule has 0 atom stereocenters. The minimum atomic E-state index is 0.0836. The van der Waals surface area contributed by atoms with Crippen LogP contribution in [0.2, 0.25) is 0 Å². The van der Waals surface area contributed by atoms with E-state index < -0.39 is 0 Å². The molecule has 0 aliphatic rings. The molecule has 0 unspecified atom stereocenters. The molecule has 0 saturated heterocycles. The number of nitrogens with zero attached hydrogens (tertiary/aromatic N) is 1. The summed E-state index contributed by atoms with van der Waals surface area (Å²) in [6, 6.07) is 3.65. The number of hydrogen-bond donors (Lipinski definition) is 0. The minimum Gasteiger partial charge on any atom is -0.485 e. The van der Waals surface area contributed by atoms with Gasteiger partial charge in [0.1, 0.15) is 12.4 Å². The van der Waals surface area contributed by atoms with Crippen LogP contribution in [0.3, 0.4) is 0 Å². The molecule has 0 amide bonds. The van der Waals surface area contributed by atoms with Crippen LogP contribution in [0.15, 0.2) is 23.4 Å². The molecule has 0 spiro atoms. The van der Waals surface area contributed by atoms with Gasteiger partial charge in [-0.3, -0.25) is 4.79 Å². The third-order valence-corrected chi connectivity index (χ3v) is 1.90. The first-order valence-corrected chi connectivity index (χ1v) is 4.66. The number of aromatic nitrogens is 1. The van der Waals surface area contributed by atoms with Crippen molar-refractivity contribution in [3.63, 3.8) is 0 Å². The second kappa shape index (κ2) is 4.77. The van der Waals surface area contributed by atoms with E-state index in [2.05, 4.69) is 4.98 Å². The van der Waals surface area contributed by atoms with Gasteiger partial charge in [0.05, 0.1) is 11.2 Å². The summed E-state index contributed by atoms with van der Waals surface area (Å²) in [7, 11) is 0. The Labute approximate surface area is 75.1 Å². The number of carbonyl (C=O) groups is 1. The first kappa shape index (κ1) is 9.06. The molecular formula is C8H9NO2S. The van der Waals surface area contributed by atoms with Crippen LogP contribution in [0, 0.1) is 0 Å². The van der Waals surface area contributed by atoms with Crippen molar-refractivity contribution in [2.75, 3.05) is 12.9 Å². The van der Waals surface area contributed by atoms with Crippen LogP contribution in [0.1, 0.15) is 0 Å². The van der Waals surface area contributed by atoms with Crippen molar-refractivity contribution in [1.82, 2.24) is 4.98 Å². The number of aldehydes is 1. The Morgan fingerprint density at radius 1 is 1.67 bits per heavy atom. The highest BCUT2D eigenvalue weighted by Crippen LogP contribution is 2.14. The van der Waals surface area contributed by atoms with Crippen LogP contribution in [0.25, 0.3) is 0 Å². The maximum atomic E-state index is 9.95. The van der Waals surface area contributed by atoms with Crippen molar-refractivity contribution >= 4 is 18.0 Å². The lowest BCUT2D eigenvalue weighted by Gasteiger charge is -2.00. The largest absolute Gasteiger partial charge is 0.485 e. The number of ether oxygens (including phenoxy) is 1. The van der Waals surface area contributed by atoms with Crippen LogP contribution in [0.5, 0.6) is 5.75 Å². The lowest BCUT2D eigenvalue weighted by atomic mass is 10.5. The highest BCUT2D eigenvalue weighted by Gasteiger charge is 1.93. The van der Waals surface area contributed by atoms with Gasteiger partial charge in [0, 0.05) is 0 Å². The van der Waals surface area contributed by atoms with Gasteiger partial charge in [0.2, 0.25) is 0 Å². The molecule has 0 aliphatic carbocycles. The summed E-state index contributed by atoms with van der Waals surface area (Å²) in [5.41, 5.74) is 0. The molecule has 0 aromatic carbocycles. The standard InChI is InChI=1S/C8H9NO2S/c1-12-8-3-2-7(6-9-8)11-5-4-10/h2-4,6H,5H2,1H3. The van der Waals surface area contributed by atoms with E-state index in [-0.39, 0.29) is 6.61 Å². The minimum absolute atomic E-state index is 0.0836. The molecule has 0 saturated carbocycles. The van der Waals surface area contributed by atoms with Crippen LogP contribution in [-0.4, -0.2) is 24.1 Å². The van der Waals surface area contributed by atoms with E-state index in [1.165, 1.54) is 0 Å². The van der Waals surface area contributed by atoms with Crippen molar-refractivity contribution in [3.05, 3.63) is 18.3 Å². The maximum absolute atomic E-state index is 9.95. The third-order valence-electron chi connectivity index (χ3n) is 1.24. The van der Waals surface area contributed by atoms with Crippen molar-refractivity contribution in [2.24, 2.45) is 0 Å². The molecule has 3 nitrogen and oxygen atoms in total. The van der Waals surface area contributed by atoms with Gasteiger partial charge in [-0.05, 0) is 18.4 Å². The van der Waals surface area contributed by atoms with E-state index in [1.807, 2.05) is 12.3 Å². The summed E-state index contributed by atoms with van der Waals surface area (Å²) < 4.78 is 5.01. The smallest absolute Gasteiger partial charge is 0.157 e. The van der Waals surface area contributed by atoms with Gasteiger partial charge in [0.25, 0.3) is 0 Å². The molecule has 0 fully saturated rings. The fourth-order valence-electron chi connectivity index (χ4n) is 0.703. The zero-order valence-electron chi connectivity index (χ0n) is 6.69. The van der Waals surface area contributed by atoms with E-state index in [9.17, 15) is 4.79 Å². The van der Waals surface area contributed by atoms with Crippen LogP contribution < -0.4 is 4.74 Å². The van der Waals surface area contributed by atoms with Gasteiger partial charge in [-0.2, -0.15) is 0 Å². The number of rotatable bonds is 4. The van der Waals surface area contributed by atoms with E-state index in [0.29, 0.717) is 12.0 Å². The normalized spacial score (nSPS) is 9.42. The van der Waals surface area contributed by atoms with Gasteiger partial charge in [-0.1, -0.05) is 0 Å². The fraction of sp³-hybridized carbons (Fsp3) is 0.250. The fourth-order valence-corrected chi connectivity index (χ4v) is 1.07. The maximum Gasteiger partial charge on any atom is 0.157 e. The molecule has 64 valence electrons. The summed E-state index contributed by atoms with van der Waals surface area (Å²) in [4.78, 5) is 14.0. The monoisotopic (exact) mass is 183 g/mol. The Hall–Kier alpha value is -1.03. The highest BCUT2D eigenvalue weighted by atomic mass is 32.2. The Balaban J connectivity index is 2.58. The molecule has 0 aliphatic heterocycles. The highest BCUT2D eigenvalue weighted by molar-refractivity contribution is 7.98. The average molecular weight is 183 g/mol. The molecule has 1 aromatic heterocycles. The Morgan fingerprint density at radius 2 is 2.50 bits per heavy atom. The van der Waals surface area contributed by atoms with Crippen molar-refractivity contribution in [2.45, 2.75) is 5.03 Å². The Kier molecular flexibility index (Phi) is 3.60. The van der Waals surface area contributed by atoms with E-state index in [1.54, 1.807) is 24.0 Å². The van der Waals surface area contributed by atoms with Gasteiger partial charge in [-0.25, -0.2) is 4.98 Å². The van der Waals surface area contributed by atoms with Crippen LogP contribution in [-0.2, 0) is 4.79 Å². The molecule has 0 bridgehead atoms. The van der Waals surface area contributed by atoms with Crippen molar-refractivity contribution in [1.29, 1.82) is 0 Å². The molecule has 1 heterocycles. The number of pyridine rings is 1. The summed E-state index contributed by atoms with van der Waals surface area (Å²) in [6.07, 6.45) is 4.27. The zero-order valence-corrected chi connectivity index (χ0v) is 7.50. The molecule has 0 radical (unpaired) electrons. The van der Waals surface area contributed by atoms with E-state index in [4.69, 9.17) is 4.74 Å². The quantitative estimate of drug-likeness (QED) is 0.522. The van der Waals surface area contributed by atoms with Gasteiger partial charge >= 0.3 is 0 Å². The lowest BCUT2D eigenvalue weighted by molar-refractivity contribution is -0.109.